The molecule has 3 rings (SSSR count). The lowest BCUT2D eigenvalue weighted by atomic mass is 9.97. The molecule has 100 valence electrons. The molecule has 20 heavy (non-hydrogen) atoms. The third kappa shape index (κ3) is 2.81. The van der Waals surface area contributed by atoms with Gasteiger partial charge in [0, 0.05) is 24.8 Å². The van der Waals surface area contributed by atoms with Crippen LogP contribution in [0, 0.1) is 11.3 Å². The van der Waals surface area contributed by atoms with Crippen molar-refractivity contribution in [3.05, 3.63) is 65.2 Å². The van der Waals surface area contributed by atoms with Crippen LogP contribution in [0.25, 0.3) is 0 Å². The van der Waals surface area contributed by atoms with Crippen molar-refractivity contribution >= 4 is 5.69 Å². The average molecular weight is 263 g/mol. The first-order chi connectivity index (χ1) is 9.85. The molecular formula is C17H17N3. The van der Waals surface area contributed by atoms with Crippen molar-refractivity contribution < 1.29 is 0 Å². The minimum Gasteiger partial charge on any atom is -0.383 e. The molecule has 0 spiro atoms. The molecule has 0 fully saturated rings. The average Bonchev–Trinajstić information content (AvgIpc) is 2.53. The second kappa shape index (κ2) is 5.77. The Morgan fingerprint density at radius 2 is 2.05 bits per heavy atom. The topological polar surface area (TPSA) is 47.9 Å². The summed E-state index contributed by atoms with van der Waals surface area (Å²) in [6.45, 7) is 1.80. The van der Waals surface area contributed by atoms with E-state index < -0.39 is 0 Å². The fourth-order valence-corrected chi connectivity index (χ4v) is 2.58. The van der Waals surface area contributed by atoms with Crippen molar-refractivity contribution in [1.82, 2.24) is 5.32 Å². The number of fused-ring (bicyclic) bond motifs is 1. The predicted molar refractivity (Wildman–Crippen MR) is 80.4 cm³/mol. The lowest BCUT2D eigenvalue weighted by molar-refractivity contribution is 0.517. The summed E-state index contributed by atoms with van der Waals surface area (Å²) in [6, 6.07) is 18.9. The van der Waals surface area contributed by atoms with E-state index in [1.807, 2.05) is 24.3 Å². The standard InChI is InChI=1S/C17H17N3/c18-10-14-6-7-17-15(8-14)9-16(12-20-17)19-11-13-4-2-1-3-5-13/h1-8,16,19-20H,9,11-12H2/t16-/m1/s1. The highest BCUT2D eigenvalue weighted by molar-refractivity contribution is 5.56. The van der Waals surface area contributed by atoms with Gasteiger partial charge >= 0.3 is 0 Å². The molecule has 0 saturated heterocycles. The van der Waals surface area contributed by atoms with E-state index in [9.17, 15) is 0 Å². The van der Waals surface area contributed by atoms with Crippen molar-refractivity contribution in [2.75, 3.05) is 11.9 Å². The fraction of sp³-hybridized carbons (Fsp3) is 0.235. The molecule has 1 heterocycles. The van der Waals surface area contributed by atoms with Gasteiger partial charge in [0.05, 0.1) is 11.6 Å². The van der Waals surface area contributed by atoms with E-state index >= 15 is 0 Å². The maximum atomic E-state index is 8.97. The molecule has 2 aromatic carbocycles. The number of anilines is 1. The Hall–Kier alpha value is -2.31. The van der Waals surface area contributed by atoms with Gasteiger partial charge < -0.3 is 10.6 Å². The van der Waals surface area contributed by atoms with E-state index in [1.165, 1.54) is 11.1 Å². The molecule has 0 aliphatic carbocycles. The minimum absolute atomic E-state index is 0.400. The Morgan fingerprint density at radius 3 is 2.85 bits per heavy atom. The summed E-state index contributed by atoms with van der Waals surface area (Å²) < 4.78 is 0. The number of hydrogen-bond acceptors (Lipinski definition) is 3. The van der Waals surface area contributed by atoms with Gasteiger partial charge in [-0.1, -0.05) is 30.3 Å². The van der Waals surface area contributed by atoms with Crippen molar-refractivity contribution in [3.63, 3.8) is 0 Å². The molecule has 1 aliphatic heterocycles. The molecule has 0 amide bonds. The van der Waals surface area contributed by atoms with E-state index in [0.717, 1.165) is 30.8 Å². The Labute approximate surface area is 119 Å². The summed E-state index contributed by atoms with van der Waals surface area (Å²) in [5, 5.41) is 16.0. The van der Waals surface area contributed by atoms with Gasteiger partial charge in [0.25, 0.3) is 0 Å². The Bertz CT molecular complexity index is 628. The van der Waals surface area contributed by atoms with Gasteiger partial charge in [-0.15, -0.1) is 0 Å². The maximum Gasteiger partial charge on any atom is 0.0991 e. The first kappa shape index (κ1) is 12.7. The van der Waals surface area contributed by atoms with Crippen molar-refractivity contribution in [3.8, 4) is 6.07 Å². The molecule has 0 aromatic heterocycles. The summed E-state index contributed by atoms with van der Waals surface area (Å²) in [6.07, 6.45) is 0.963. The molecule has 0 saturated carbocycles. The Balaban J connectivity index is 1.65. The van der Waals surface area contributed by atoms with Crippen LogP contribution in [-0.4, -0.2) is 12.6 Å². The number of rotatable bonds is 3. The summed E-state index contributed by atoms with van der Waals surface area (Å²) >= 11 is 0. The second-order valence-corrected chi connectivity index (χ2v) is 5.13. The molecule has 1 atom stereocenters. The summed E-state index contributed by atoms with van der Waals surface area (Å²) in [5.41, 5.74) is 4.40. The Kier molecular flexibility index (Phi) is 3.67. The Morgan fingerprint density at radius 1 is 1.20 bits per heavy atom. The van der Waals surface area contributed by atoms with E-state index in [4.69, 9.17) is 5.26 Å². The van der Waals surface area contributed by atoms with Crippen LogP contribution in [0.2, 0.25) is 0 Å². The summed E-state index contributed by atoms with van der Waals surface area (Å²) in [5.74, 6) is 0. The normalized spacial score (nSPS) is 16.9. The van der Waals surface area contributed by atoms with E-state index in [2.05, 4.69) is 41.0 Å². The lowest BCUT2D eigenvalue weighted by Gasteiger charge is -2.27. The predicted octanol–water partition coefficient (Wildman–Crippen LogP) is 2.68. The zero-order valence-corrected chi connectivity index (χ0v) is 11.3. The maximum absolute atomic E-state index is 8.97. The van der Waals surface area contributed by atoms with Crippen molar-refractivity contribution in [1.29, 1.82) is 5.26 Å². The van der Waals surface area contributed by atoms with Crippen LogP contribution in [0.4, 0.5) is 5.69 Å². The van der Waals surface area contributed by atoms with E-state index in [-0.39, 0.29) is 0 Å². The molecule has 0 radical (unpaired) electrons. The molecule has 3 heteroatoms. The van der Waals surface area contributed by atoms with E-state index in [1.54, 1.807) is 0 Å². The van der Waals surface area contributed by atoms with Gasteiger partial charge in [-0.25, -0.2) is 0 Å². The third-order valence-corrected chi connectivity index (χ3v) is 3.68. The van der Waals surface area contributed by atoms with Crippen LogP contribution in [0.15, 0.2) is 48.5 Å². The van der Waals surface area contributed by atoms with Crippen molar-refractivity contribution in [2.45, 2.75) is 19.0 Å². The highest BCUT2D eigenvalue weighted by Gasteiger charge is 2.17. The molecular weight excluding hydrogens is 246 g/mol. The molecule has 0 bridgehead atoms. The molecule has 1 aliphatic rings. The second-order valence-electron chi connectivity index (χ2n) is 5.13. The highest BCUT2D eigenvalue weighted by Crippen LogP contribution is 2.23. The number of nitrogens with one attached hydrogen (secondary N) is 2. The largest absolute Gasteiger partial charge is 0.383 e. The minimum atomic E-state index is 0.400. The van der Waals surface area contributed by atoms with Crippen LogP contribution in [-0.2, 0) is 13.0 Å². The summed E-state index contributed by atoms with van der Waals surface area (Å²) in [7, 11) is 0. The molecule has 3 nitrogen and oxygen atoms in total. The zero-order chi connectivity index (χ0) is 13.8. The van der Waals surface area contributed by atoms with Crippen LogP contribution in [0.5, 0.6) is 0 Å². The fourth-order valence-electron chi connectivity index (χ4n) is 2.58. The lowest BCUT2D eigenvalue weighted by Crippen LogP contribution is -2.39. The van der Waals surface area contributed by atoms with Gasteiger partial charge in [-0.3, -0.25) is 0 Å². The van der Waals surface area contributed by atoms with Gasteiger partial charge in [-0.05, 0) is 35.7 Å². The number of benzene rings is 2. The van der Waals surface area contributed by atoms with Crippen LogP contribution >= 0.6 is 0 Å². The van der Waals surface area contributed by atoms with E-state index in [0.29, 0.717) is 6.04 Å². The quantitative estimate of drug-likeness (QED) is 0.895. The zero-order valence-electron chi connectivity index (χ0n) is 11.3. The van der Waals surface area contributed by atoms with Crippen LogP contribution in [0.1, 0.15) is 16.7 Å². The van der Waals surface area contributed by atoms with Crippen molar-refractivity contribution in [2.24, 2.45) is 0 Å². The highest BCUT2D eigenvalue weighted by atomic mass is 15.0. The molecule has 2 aromatic rings. The number of nitrogens with zero attached hydrogens (tertiary/aromatic N) is 1. The number of hydrogen-bond donors (Lipinski definition) is 2. The van der Waals surface area contributed by atoms with Gasteiger partial charge in [-0.2, -0.15) is 5.26 Å². The third-order valence-electron chi connectivity index (χ3n) is 3.68. The van der Waals surface area contributed by atoms with Gasteiger partial charge in [0.1, 0.15) is 0 Å². The van der Waals surface area contributed by atoms with Gasteiger partial charge in [0.2, 0.25) is 0 Å². The molecule has 2 N–H and O–H groups in total. The first-order valence-corrected chi connectivity index (χ1v) is 6.89. The number of nitriles is 1. The molecule has 0 unspecified atom stereocenters. The smallest absolute Gasteiger partial charge is 0.0991 e. The van der Waals surface area contributed by atoms with Crippen LogP contribution in [0.3, 0.4) is 0 Å². The van der Waals surface area contributed by atoms with Crippen LogP contribution < -0.4 is 10.6 Å². The SMILES string of the molecule is N#Cc1ccc2c(c1)C[C@@H](NCc1ccccc1)CN2. The van der Waals surface area contributed by atoms with Gasteiger partial charge in [0.15, 0.2) is 0 Å². The monoisotopic (exact) mass is 263 g/mol. The summed E-state index contributed by atoms with van der Waals surface area (Å²) in [4.78, 5) is 0. The first-order valence-electron chi connectivity index (χ1n) is 6.89.